The first kappa shape index (κ1) is 20.1. The largest absolute Gasteiger partial charge is 0.489 e. The third-order valence-electron chi connectivity index (χ3n) is 4.39. The average molecular weight is 393 g/mol. The van der Waals surface area contributed by atoms with Crippen LogP contribution in [-0.4, -0.2) is 17.0 Å². The maximum Gasteiger partial charge on any atom is 0.307 e. The van der Waals surface area contributed by atoms with E-state index in [4.69, 9.17) is 15.6 Å². The zero-order valence-corrected chi connectivity index (χ0v) is 15.6. The highest BCUT2D eigenvalue weighted by atomic mass is 19.1. The summed E-state index contributed by atoms with van der Waals surface area (Å²) in [6, 6.07) is 19.0. The molecule has 0 atom stereocenters. The molecule has 0 unspecified atom stereocenters. The molecule has 29 heavy (non-hydrogen) atoms. The summed E-state index contributed by atoms with van der Waals surface area (Å²) in [5, 5.41) is 9.02. The van der Waals surface area contributed by atoms with Crippen LogP contribution >= 0.6 is 0 Å². The van der Waals surface area contributed by atoms with Crippen molar-refractivity contribution >= 4 is 11.9 Å². The molecule has 0 aromatic heterocycles. The van der Waals surface area contributed by atoms with Crippen molar-refractivity contribution in [3.8, 4) is 16.9 Å². The van der Waals surface area contributed by atoms with Gasteiger partial charge in [0.25, 0.3) is 0 Å². The van der Waals surface area contributed by atoms with Crippen molar-refractivity contribution in [1.82, 2.24) is 0 Å². The quantitative estimate of drug-likeness (QED) is 0.610. The number of para-hydroxylation sites is 1. The van der Waals surface area contributed by atoms with Gasteiger partial charge in [0.1, 0.15) is 18.2 Å². The Labute approximate surface area is 167 Å². The molecular weight excluding hydrogens is 373 g/mol. The third-order valence-corrected chi connectivity index (χ3v) is 4.39. The van der Waals surface area contributed by atoms with E-state index in [0.29, 0.717) is 22.4 Å². The molecule has 0 saturated heterocycles. The van der Waals surface area contributed by atoms with Gasteiger partial charge >= 0.3 is 5.97 Å². The van der Waals surface area contributed by atoms with Gasteiger partial charge in [0.15, 0.2) is 0 Å². The van der Waals surface area contributed by atoms with Crippen LogP contribution in [0.15, 0.2) is 66.7 Å². The van der Waals surface area contributed by atoms with Crippen molar-refractivity contribution < 1.29 is 23.8 Å². The van der Waals surface area contributed by atoms with E-state index in [1.807, 2.05) is 6.07 Å². The molecule has 3 N–H and O–H groups in total. The number of aliphatic carboxylic acids is 1. The van der Waals surface area contributed by atoms with E-state index in [2.05, 4.69) is 0 Å². The van der Waals surface area contributed by atoms with Crippen molar-refractivity contribution in [2.45, 2.75) is 19.4 Å². The summed E-state index contributed by atoms with van der Waals surface area (Å²) < 4.78 is 20.6. The van der Waals surface area contributed by atoms with Crippen LogP contribution in [0.25, 0.3) is 11.1 Å². The summed E-state index contributed by atoms with van der Waals surface area (Å²) in [7, 11) is 0. The topological polar surface area (TPSA) is 89.6 Å². The Hall–Kier alpha value is -3.67. The van der Waals surface area contributed by atoms with E-state index in [0.717, 1.165) is 5.56 Å². The molecule has 0 spiro atoms. The Morgan fingerprint density at radius 1 is 0.931 bits per heavy atom. The van der Waals surface area contributed by atoms with Gasteiger partial charge < -0.3 is 15.6 Å². The van der Waals surface area contributed by atoms with Crippen LogP contribution in [0.5, 0.6) is 5.75 Å². The number of primary amides is 1. The summed E-state index contributed by atoms with van der Waals surface area (Å²) in [5.41, 5.74) is 7.84. The van der Waals surface area contributed by atoms with Crippen LogP contribution in [0.2, 0.25) is 0 Å². The molecule has 0 fully saturated rings. The minimum Gasteiger partial charge on any atom is -0.489 e. The number of hydrogen-bond donors (Lipinski definition) is 2. The fraction of sp³-hybridized carbons (Fsp3) is 0.130. The van der Waals surface area contributed by atoms with Crippen LogP contribution in [0.1, 0.15) is 16.7 Å². The zero-order chi connectivity index (χ0) is 20.8. The van der Waals surface area contributed by atoms with Crippen LogP contribution in [-0.2, 0) is 29.0 Å². The molecule has 0 bridgehead atoms. The number of amides is 1. The molecule has 6 heteroatoms. The lowest BCUT2D eigenvalue weighted by molar-refractivity contribution is -0.136. The van der Waals surface area contributed by atoms with Crippen molar-refractivity contribution in [3.05, 3.63) is 89.2 Å². The Balaban J connectivity index is 1.81. The highest BCUT2D eigenvalue weighted by molar-refractivity contribution is 5.77. The fourth-order valence-electron chi connectivity index (χ4n) is 3.07. The van der Waals surface area contributed by atoms with Crippen molar-refractivity contribution in [3.63, 3.8) is 0 Å². The molecule has 3 rings (SSSR count). The maximum atomic E-state index is 14.8. The molecule has 0 aliphatic rings. The molecule has 0 radical (unpaired) electrons. The number of ether oxygens (including phenoxy) is 1. The smallest absolute Gasteiger partial charge is 0.307 e. The molecule has 148 valence electrons. The van der Waals surface area contributed by atoms with Crippen molar-refractivity contribution in [2.75, 3.05) is 0 Å². The number of carbonyl (C=O) groups is 2. The standard InChI is InChI=1S/C23H20FNO4/c24-23-18(12-21(25)26)8-4-9-19(23)16-7-3-5-15(11-16)14-29-20-10-2-1-6-17(20)13-22(27)28/h1-11H,12-14H2,(H2,25,26)(H,27,28). The van der Waals surface area contributed by atoms with E-state index >= 15 is 0 Å². The number of hydrogen-bond acceptors (Lipinski definition) is 3. The average Bonchev–Trinajstić information content (AvgIpc) is 2.68. The maximum absolute atomic E-state index is 14.8. The van der Waals surface area contributed by atoms with Gasteiger partial charge in [-0.2, -0.15) is 0 Å². The van der Waals surface area contributed by atoms with Crippen LogP contribution < -0.4 is 10.5 Å². The summed E-state index contributed by atoms with van der Waals surface area (Å²) in [4.78, 5) is 22.1. The molecule has 5 nitrogen and oxygen atoms in total. The lowest BCUT2D eigenvalue weighted by Crippen LogP contribution is -2.14. The molecule has 3 aromatic carbocycles. The second kappa shape index (κ2) is 9.01. The number of halogens is 1. The highest BCUT2D eigenvalue weighted by Gasteiger charge is 2.12. The first-order valence-electron chi connectivity index (χ1n) is 9.01. The van der Waals surface area contributed by atoms with Gasteiger partial charge in [-0.15, -0.1) is 0 Å². The second-order valence-electron chi connectivity index (χ2n) is 6.59. The molecule has 0 heterocycles. The number of carboxylic acid groups (broad SMARTS) is 1. The minimum atomic E-state index is -0.936. The zero-order valence-electron chi connectivity index (χ0n) is 15.6. The van der Waals surface area contributed by atoms with Crippen molar-refractivity contribution in [2.24, 2.45) is 5.73 Å². The van der Waals surface area contributed by atoms with Crippen LogP contribution in [0.3, 0.4) is 0 Å². The minimum absolute atomic E-state index is 0.131. The number of benzene rings is 3. The normalized spacial score (nSPS) is 10.5. The van der Waals surface area contributed by atoms with Gasteiger partial charge in [0.2, 0.25) is 5.91 Å². The van der Waals surface area contributed by atoms with E-state index < -0.39 is 17.7 Å². The summed E-state index contributed by atoms with van der Waals surface area (Å²) >= 11 is 0. The van der Waals surface area contributed by atoms with Gasteiger partial charge in [0, 0.05) is 11.1 Å². The van der Waals surface area contributed by atoms with E-state index in [1.165, 1.54) is 6.07 Å². The number of rotatable bonds is 8. The van der Waals surface area contributed by atoms with Crippen LogP contribution in [0, 0.1) is 5.82 Å². The second-order valence-corrected chi connectivity index (χ2v) is 6.59. The number of carbonyl (C=O) groups excluding carboxylic acids is 1. The Morgan fingerprint density at radius 2 is 1.66 bits per heavy atom. The van der Waals surface area contributed by atoms with E-state index in [-0.39, 0.29) is 25.0 Å². The SMILES string of the molecule is NC(=O)Cc1cccc(-c2cccc(COc3ccccc3CC(=O)O)c2)c1F. The van der Waals surface area contributed by atoms with E-state index in [9.17, 15) is 14.0 Å². The molecule has 3 aromatic rings. The predicted molar refractivity (Wildman–Crippen MR) is 107 cm³/mol. The van der Waals surface area contributed by atoms with Gasteiger partial charge in [-0.25, -0.2) is 4.39 Å². The Morgan fingerprint density at radius 3 is 2.41 bits per heavy atom. The number of carboxylic acids is 1. The highest BCUT2D eigenvalue weighted by Crippen LogP contribution is 2.27. The molecule has 0 aliphatic heterocycles. The summed E-state index contributed by atoms with van der Waals surface area (Å²) in [5.74, 6) is -1.51. The summed E-state index contributed by atoms with van der Waals surface area (Å²) in [6.45, 7) is 0.201. The van der Waals surface area contributed by atoms with Gasteiger partial charge in [-0.3, -0.25) is 9.59 Å². The van der Waals surface area contributed by atoms with Crippen molar-refractivity contribution in [1.29, 1.82) is 0 Å². The lowest BCUT2D eigenvalue weighted by Gasteiger charge is -2.12. The van der Waals surface area contributed by atoms with Gasteiger partial charge in [-0.1, -0.05) is 54.6 Å². The molecule has 0 saturated carbocycles. The van der Waals surface area contributed by atoms with Crippen LogP contribution in [0.4, 0.5) is 4.39 Å². The third kappa shape index (κ3) is 5.19. The van der Waals surface area contributed by atoms with Gasteiger partial charge in [-0.05, 0) is 28.8 Å². The predicted octanol–water partition coefficient (Wildman–Crippen LogP) is 3.73. The molecular formula is C23H20FNO4. The number of nitrogens with two attached hydrogens (primary N) is 1. The fourth-order valence-corrected chi connectivity index (χ4v) is 3.07. The Bertz CT molecular complexity index is 1050. The van der Waals surface area contributed by atoms with Gasteiger partial charge in [0.05, 0.1) is 12.8 Å². The summed E-state index contributed by atoms with van der Waals surface area (Å²) in [6.07, 6.45) is -0.295. The molecule has 1 amide bonds. The molecule has 0 aliphatic carbocycles. The van der Waals surface area contributed by atoms with E-state index in [1.54, 1.807) is 54.6 Å². The lowest BCUT2D eigenvalue weighted by atomic mass is 9.99. The monoisotopic (exact) mass is 393 g/mol. The first-order valence-corrected chi connectivity index (χ1v) is 9.01. The Kier molecular flexibility index (Phi) is 6.24. The first-order chi connectivity index (χ1) is 13.9.